The highest BCUT2D eigenvalue weighted by molar-refractivity contribution is 9.11. The molecule has 1 aromatic rings. The Morgan fingerprint density at radius 3 is 2.00 bits per heavy atom. The van der Waals surface area contributed by atoms with Crippen molar-refractivity contribution in [3.63, 3.8) is 0 Å². The van der Waals surface area contributed by atoms with E-state index in [1.807, 2.05) is 0 Å². The average Bonchev–Trinajstić information content (AvgIpc) is 2.56. The molecule has 0 saturated heterocycles. The Hall–Kier alpha value is -0.560. The van der Waals surface area contributed by atoms with Crippen LogP contribution < -0.4 is 0 Å². The summed E-state index contributed by atoms with van der Waals surface area (Å²) in [5, 5.41) is 0. The van der Waals surface area contributed by atoms with Crippen LogP contribution in [0.4, 0.5) is 4.39 Å². The molecule has 4 saturated carbocycles. The van der Waals surface area contributed by atoms with Crippen LogP contribution in [0.25, 0.3) is 0 Å². The fourth-order valence-corrected chi connectivity index (χ4v) is 8.56. The zero-order valence-electron chi connectivity index (χ0n) is 15.9. The Kier molecular flexibility index (Phi) is 6.11. The van der Waals surface area contributed by atoms with E-state index in [0.29, 0.717) is 40.2 Å². The van der Waals surface area contributed by atoms with Gasteiger partial charge in [0.2, 0.25) is 0 Å². The van der Waals surface area contributed by atoms with Crippen molar-refractivity contribution in [1.82, 2.24) is 0 Å². The highest BCUT2D eigenvalue weighted by Crippen LogP contribution is 2.60. The van der Waals surface area contributed by atoms with Gasteiger partial charge < -0.3 is 14.0 Å². The lowest BCUT2D eigenvalue weighted by atomic mass is 9.52. The maximum absolute atomic E-state index is 13.8. The van der Waals surface area contributed by atoms with Crippen LogP contribution in [0.3, 0.4) is 0 Å². The number of alkyl halides is 1. The first kappa shape index (κ1) is 23.6. The molecular weight excluding hydrogens is 631 g/mol. The van der Waals surface area contributed by atoms with Gasteiger partial charge in [0.1, 0.15) is 21.3 Å². The molecule has 3 unspecified atom stereocenters. The minimum Gasteiger partial charge on any atom is -0.745 e. The van der Waals surface area contributed by atoms with Gasteiger partial charge >= 0.3 is 11.9 Å². The highest BCUT2D eigenvalue weighted by Gasteiger charge is 2.62. The summed E-state index contributed by atoms with van der Waals surface area (Å²) in [6.07, 6.45) is 3.02. The Morgan fingerprint density at radius 1 is 1.03 bits per heavy atom. The van der Waals surface area contributed by atoms with Crippen molar-refractivity contribution >= 4 is 69.8 Å². The molecule has 31 heavy (non-hydrogen) atoms. The number of carbonyl (C=O) groups excluding carboxylic acids is 2. The SMILES string of the molecule is O=C(OC12CC3CC(C1)CC(OC(=O)C(F)S(=O)(=O)[O-])(C3)C2)c1c(Br)cc(Br)cc1Br. The van der Waals surface area contributed by atoms with Gasteiger partial charge in [0.15, 0.2) is 0 Å². The Labute approximate surface area is 203 Å². The summed E-state index contributed by atoms with van der Waals surface area (Å²) in [4.78, 5) is 25.1. The third-order valence-corrected chi connectivity index (χ3v) is 8.64. The lowest BCUT2D eigenvalue weighted by Crippen LogP contribution is -2.62. The molecule has 3 atom stereocenters. The third kappa shape index (κ3) is 4.60. The van der Waals surface area contributed by atoms with Gasteiger partial charge in [-0.05, 0) is 87.9 Å². The van der Waals surface area contributed by atoms with Crippen LogP contribution in [0.15, 0.2) is 25.6 Å². The summed E-state index contributed by atoms with van der Waals surface area (Å²) in [5.74, 6) is -2.09. The molecule has 7 nitrogen and oxygen atoms in total. The van der Waals surface area contributed by atoms with E-state index in [1.165, 1.54) is 0 Å². The molecule has 1 aromatic carbocycles. The second-order valence-corrected chi connectivity index (χ2v) is 12.7. The summed E-state index contributed by atoms with van der Waals surface area (Å²) in [7, 11) is -5.46. The molecule has 0 N–H and O–H groups in total. The van der Waals surface area contributed by atoms with Gasteiger partial charge in [-0.1, -0.05) is 15.9 Å². The van der Waals surface area contributed by atoms with Crippen molar-refractivity contribution in [2.75, 3.05) is 0 Å². The van der Waals surface area contributed by atoms with Gasteiger partial charge in [0, 0.05) is 19.8 Å². The number of ether oxygens (including phenoxy) is 2. The molecule has 4 aliphatic rings. The number of benzene rings is 1. The Morgan fingerprint density at radius 2 is 1.52 bits per heavy atom. The van der Waals surface area contributed by atoms with Crippen molar-refractivity contribution in [3.8, 4) is 0 Å². The quantitative estimate of drug-likeness (QED) is 0.339. The first-order valence-corrected chi connectivity index (χ1v) is 13.4. The van der Waals surface area contributed by atoms with Crippen LogP contribution in [0.5, 0.6) is 0 Å². The smallest absolute Gasteiger partial charge is 0.356 e. The molecule has 0 aromatic heterocycles. The van der Waals surface area contributed by atoms with E-state index in [0.717, 1.165) is 10.9 Å². The number of rotatable bonds is 5. The van der Waals surface area contributed by atoms with E-state index in [1.54, 1.807) is 12.1 Å². The summed E-state index contributed by atoms with van der Waals surface area (Å²) < 4.78 is 59.6. The van der Waals surface area contributed by atoms with Crippen molar-refractivity contribution < 1.29 is 36.4 Å². The zero-order valence-corrected chi connectivity index (χ0v) is 21.5. The predicted molar refractivity (Wildman–Crippen MR) is 116 cm³/mol. The zero-order chi connectivity index (χ0) is 22.8. The molecule has 5 rings (SSSR count). The number of carbonyl (C=O) groups is 2. The lowest BCUT2D eigenvalue weighted by molar-refractivity contribution is -0.221. The van der Waals surface area contributed by atoms with Crippen LogP contribution in [0.2, 0.25) is 0 Å². The number of hydrogen-bond donors (Lipinski definition) is 0. The Bertz CT molecular complexity index is 1020. The van der Waals surface area contributed by atoms with Gasteiger partial charge in [-0.25, -0.2) is 22.4 Å². The normalized spacial score (nSPS) is 32.5. The molecule has 0 radical (unpaired) electrons. The number of esters is 2. The maximum atomic E-state index is 13.8. The molecule has 170 valence electrons. The van der Waals surface area contributed by atoms with Crippen LogP contribution in [0.1, 0.15) is 48.9 Å². The largest absolute Gasteiger partial charge is 0.745 e. The van der Waals surface area contributed by atoms with E-state index < -0.39 is 38.8 Å². The predicted octanol–water partition coefficient (Wildman–Crippen LogP) is 4.61. The third-order valence-electron chi connectivity index (χ3n) is 6.23. The molecule has 12 heteroatoms. The summed E-state index contributed by atoms with van der Waals surface area (Å²) in [5.41, 5.74) is -5.01. The maximum Gasteiger partial charge on any atom is 0.356 e. The monoisotopic (exact) mass is 645 g/mol. The minimum absolute atomic E-state index is 0.0839. The molecular formula is C19H17Br3FO7S-. The van der Waals surface area contributed by atoms with Crippen LogP contribution in [-0.2, 0) is 24.4 Å². The van der Waals surface area contributed by atoms with Crippen LogP contribution in [0, 0.1) is 11.8 Å². The van der Waals surface area contributed by atoms with E-state index in [2.05, 4.69) is 47.8 Å². The topological polar surface area (TPSA) is 110 Å². The number of halogens is 4. The standard InChI is InChI=1S/C19H18Br3FO7S/c20-11-2-12(21)14(13(22)3-11)16(24)29-18-4-9-1-10(5-18)7-19(6-9,8-18)30-17(25)15(23)31(26,27)28/h2-3,9-10,15H,1,4-8H2,(H,26,27,28)/p-1. The Balaban J connectivity index is 1.59. The molecule has 0 amide bonds. The highest BCUT2D eigenvalue weighted by atomic mass is 79.9. The van der Waals surface area contributed by atoms with Crippen molar-refractivity contribution in [3.05, 3.63) is 31.1 Å². The van der Waals surface area contributed by atoms with Crippen molar-refractivity contribution in [1.29, 1.82) is 0 Å². The fraction of sp³-hybridized carbons (Fsp3) is 0.579. The second kappa shape index (κ2) is 8.03. The van der Waals surface area contributed by atoms with Crippen LogP contribution in [-0.4, -0.2) is 41.6 Å². The second-order valence-electron chi connectivity index (χ2n) is 8.69. The van der Waals surface area contributed by atoms with Gasteiger partial charge in [-0.2, -0.15) is 0 Å². The van der Waals surface area contributed by atoms with E-state index in [4.69, 9.17) is 9.47 Å². The molecule has 0 heterocycles. The average molecular weight is 648 g/mol. The molecule has 4 aliphatic carbocycles. The summed E-state index contributed by atoms with van der Waals surface area (Å²) >= 11 is 10.1. The minimum atomic E-state index is -5.46. The van der Waals surface area contributed by atoms with Gasteiger partial charge in [-0.3, -0.25) is 0 Å². The molecule has 4 fully saturated rings. The van der Waals surface area contributed by atoms with E-state index >= 15 is 0 Å². The fourth-order valence-electron chi connectivity index (χ4n) is 5.70. The van der Waals surface area contributed by atoms with Crippen LogP contribution >= 0.6 is 47.8 Å². The molecule has 0 spiro atoms. The summed E-state index contributed by atoms with van der Waals surface area (Å²) in [6, 6.07) is 3.43. The lowest BCUT2D eigenvalue weighted by Gasteiger charge is -2.60. The van der Waals surface area contributed by atoms with E-state index in [-0.39, 0.29) is 18.3 Å². The van der Waals surface area contributed by atoms with E-state index in [9.17, 15) is 27.0 Å². The summed E-state index contributed by atoms with van der Waals surface area (Å²) in [6.45, 7) is 0. The van der Waals surface area contributed by atoms with Crippen molar-refractivity contribution in [2.45, 2.75) is 55.2 Å². The molecule has 0 aliphatic heterocycles. The van der Waals surface area contributed by atoms with Crippen molar-refractivity contribution in [2.24, 2.45) is 11.8 Å². The first-order chi connectivity index (χ1) is 14.3. The molecule has 4 bridgehead atoms. The van der Waals surface area contributed by atoms with Gasteiger partial charge in [0.25, 0.3) is 5.50 Å². The number of hydrogen-bond acceptors (Lipinski definition) is 7. The van der Waals surface area contributed by atoms with Gasteiger partial charge in [0.05, 0.1) is 5.56 Å². The van der Waals surface area contributed by atoms with Gasteiger partial charge in [-0.15, -0.1) is 0 Å². The first-order valence-electron chi connectivity index (χ1n) is 9.51.